The molecule has 1 aliphatic rings. The lowest BCUT2D eigenvalue weighted by Crippen LogP contribution is -2.56. The number of benzene rings is 1. The summed E-state index contributed by atoms with van der Waals surface area (Å²) < 4.78 is 45.2. The van der Waals surface area contributed by atoms with Crippen molar-refractivity contribution in [3.63, 3.8) is 0 Å². The van der Waals surface area contributed by atoms with Gasteiger partial charge in [-0.15, -0.1) is 0 Å². The second kappa shape index (κ2) is 8.52. The average molecular weight is 437 g/mol. The van der Waals surface area contributed by atoms with Crippen LogP contribution in [0.2, 0.25) is 0 Å². The Hall–Kier alpha value is -3.17. The van der Waals surface area contributed by atoms with Crippen molar-refractivity contribution >= 4 is 11.9 Å². The molecule has 1 N–H and O–H groups in total. The van der Waals surface area contributed by atoms with Crippen molar-refractivity contribution in [1.82, 2.24) is 15.1 Å². The minimum absolute atomic E-state index is 0.0433. The molecule has 0 atom stereocenters. The number of rotatable bonds is 4. The maximum atomic E-state index is 13.1. The number of nitrogens with zero attached hydrogens (tertiary/aromatic N) is 2. The van der Waals surface area contributed by atoms with Gasteiger partial charge >= 0.3 is 12.1 Å². The van der Waals surface area contributed by atoms with Gasteiger partial charge in [-0.25, -0.2) is 9.48 Å². The molecule has 1 saturated carbocycles. The standard InChI is InChI=1S/C21H22F3N3O4/c1-13-11-16(28)17(18(29)25-20(19(30)31-2)9-4-3-5-10-20)26-27(13)15-8-6-7-14(12-15)21(22,23)24/h6-8,11-12H,3-5,9-10H2,1-2H3,(H,25,29). The van der Waals surface area contributed by atoms with Crippen molar-refractivity contribution in [2.24, 2.45) is 0 Å². The Labute approximate surface area is 176 Å². The highest BCUT2D eigenvalue weighted by molar-refractivity contribution is 5.96. The molecule has 0 bridgehead atoms. The lowest BCUT2D eigenvalue weighted by molar-refractivity contribution is -0.149. The molecular weight excluding hydrogens is 415 g/mol. The van der Waals surface area contributed by atoms with E-state index in [1.54, 1.807) is 0 Å². The molecule has 2 aromatic rings. The van der Waals surface area contributed by atoms with E-state index in [4.69, 9.17) is 4.74 Å². The van der Waals surface area contributed by atoms with E-state index in [0.29, 0.717) is 25.7 Å². The number of hydrogen-bond donors (Lipinski definition) is 1. The van der Waals surface area contributed by atoms with E-state index in [1.165, 1.54) is 26.2 Å². The Morgan fingerprint density at radius 3 is 2.45 bits per heavy atom. The first-order chi connectivity index (χ1) is 14.6. The van der Waals surface area contributed by atoms with E-state index in [9.17, 15) is 27.6 Å². The number of hydrogen-bond acceptors (Lipinski definition) is 5. The Morgan fingerprint density at radius 1 is 1.16 bits per heavy atom. The van der Waals surface area contributed by atoms with Gasteiger partial charge < -0.3 is 10.1 Å². The Kier molecular flexibility index (Phi) is 6.19. The minimum atomic E-state index is -4.56. The normalized spacial score (nSPS) is 15.9. The average Bonchev–Trinajstić information content (AvgIpc) is 2.73. The second-order valence-corrected chi connectivity index (χ2v) is 7.55. The molecule has 1 fully saturated rings. The summed E-state index contributed by atoms with van der Waals surface area (Å²) in [6.45, 7) is 1.49. The second-order valence-electron chi connectivity index (χ2n) is 7.55. The van der Waals surface area contributed by atoms with Crippen molar-refractivity contribution in [2.45, 2.75) is 50.7 Å². The summed E-state index contributed by atoms with van der Waals surface area (Å²) in [7, 11) is 1.22. The molecular formula is C21H22F3N3O4. The number of aryl methyl sites for hydroxylation is 1. The number of amides is 1. The van der Waals surface area contributed by atoms with Crippen LogP contribution in [0, 0.1) is 6.92 Å². The van der Waals surface area contributed by atoms with Gasteiger partial charge in [-0.1, -0.05) is 25.3 Å². The summed E-state index contributed by atoms with van der Waals surface area (Å²) in [6, 6.07) is 5.51. The Morgan fingerprint density at radius 2 is 1.84 bits per heavy atom. The molecule has 1 aromatic carbocycles. The molecule has 1 heterocycles. The van der Waals surface area contributed by atoms with Gasteiger partial charge in [0.25, 0.3) is 5.91 Å². The van der Waals surface area contributed by atoms with Gasteiger partial charge in [0.05, 0.1) is 18.4 Å². The fourth-order valence-electron chi connectivity index (χ4n) is 3.79. The first kappa shape index (κ1) is 22.5. The van der Waals surface area contributed by atoms with Crippen LogP contribution >= 0.6 is 0 Å². The van der Waals surface area contributed by atoms with E-state index in [-0.39, 0.29) is 11.4 Å². The number of halogens is 3. The van der Waals surface area contributed by atoms with Crippen LogP contribution in [-0.2, 0) is 15.7 Å². The molecule has 0 aliphatic heterocycles. The molecule has 3 rings (SSSR count). The van der Waals surface area contributed by atoms with Crippen LogP contribution in [0.3, 0.4) is 0 Å². The summed E-state index contributed by atoms with van der Waals surface area (Å²) >= 11 is 0. The van der Waals surface area contributed by atoms with Crippen molar-refractivity contribution in [3.8, 4) is 5.69 Å². The fourth-order valence-corrected chi connectivity index (χ4v) is 3.79. The summed E-state index contributed by atoms with van der Waals surface area (Å²) in [4.78, 5) is 37.7. The number of methoxy groups -OCH3 is 1. The fraction of sp³-hybridized carbons (Fsp3) is 0.429. The zero-order valence-corrected chi connectivity index (χ0v) is 17.1. The number of nitrogens with one attached hydrogen (secondary N) is 1. The SMILES string of the molecule is COC(=O)C1(NC(=O)c2nn(-c3cccc(C(F)(F)F)c3)c(C)cc2=O)CCCCC1. The van der Waals surface area contributed by atoms with Crippen LogP contribution < -0.4 is 10.7 Å². The highest BCUT2D eigenvalue weighted by Crippen LogP contribution is 2.31. The quantitative estimate of drug-likeness (QED) is 0.742. The van der Waals surface area contributed by atoms with E-state index in [0.717, 1.165) is 29.3 Å². The number of ether oxygens (including phenoxy) is 1. The van der Waals surface area contributed by atoms with Gasteiger partial charge in [0.2, 0.25) is 5.43 Å². The van der Waals surface area contributed by atoms with Gasteiger partial charge in [-0.3, -0.25) is 9.59 Å². The van der Waals surface area contributed by atoms with E-state index >= 15 is 0 Å². The van der Waals surface area contributed by atoms with Gasteiger partial charge in [-0.05, 0) is 38.0 Å². The lowest BCUT2D eigenvalue weighted by Gasteiger charge is -2.35. The molecule has 1 amide bonds. The van der Waals surface area contributed by atoms with Crippen molar-refractivity contribution < 1.29 is 27.5 Å². The molecule has 0 radical (unpaired) electrons. The third-order valence-corrected chi connectivity index (χ3v) is 5.38. The predicted molar refractivity (Wildman–Crippen MR) is 105 cm³/mol. The van der Waals surface area contributed by atoms with E-state index in [1.807, 2.05) is 0 Å². The molecule has 0 saturated heterocycles. The highest BCUT2D eigenvalue weighted by atomic mass is 19.4. The van der Waals surface area contributed by atoms with Gasteiger partial charge in [0, 0.05) is 11.8 Å². The van der Waals surface area contributed by atoms with Crippen molar-refractivity contribution in [3.05, 3.63) is 57.5 Å². The van der Waals surface area contributed by atoms with E-state index < -0.39 is 40.3 Å². The maximum absolute atomic E-state index is 13.1. The summed E-state index contributed by atoms with van der Waals surface area (Å²) in [5.41, 5.74) is -3.07. The number of carbonyl (C=O) groups excluding carboxylic acids is 2. The van der Waals surface area contributed by atoms with Gasteiger partial charge in [0.1, 0.15) is 5.54 Å². The third-order valence-electron chi connectivity index (χ3n) is 5.38. The minimum Gasteiger partial charge on any atom is -0.467 e. The van der Waals surface area contributed by atoms with Crippen LogP contribution in [0.4, 0.5) is 13.2 Å². The van der Waals surface area contributed by atoms with Crippen LogP contribution in [0.15, 0.2) is 35.1 Å². The molecule has 0 unspecified atom stereocenters. The third kappa shape index (κ3) is 4.62. The monoisotopic (exact) mass is 437 g/mol. The lowest BCUT2D eigenvalue weighted by atomic mass is 9.81. The van der Waals surface area contributed by atoms with Crippen molar-refractivity contribution in [2.75, 3.05) is 7.11 Å². The molecule has 1 aliphatic carbocycles. The van der Waals surface area contributed by atoms with Gasteiger partial charge in [0.15, 0.2) is 5.69 Å². The highest BCUT2D eigenvalue weighted by Gasteiger charge is 2.42. The molecule has 7 nitrogen and oxygen atoms in total. The van der Waals surface area contributed by atoms with Crippen LogP contribution in [0.1, 0.15) is 53.8 Å². The largest absolute Gasteiger partial charge is 0.467 e. The molecule has 1 aromatic heterocycles. The molecule has 166 valence electrons. The van der Waals surface area contributed by atoms with Crippen LogP contribution in [0.25, 0.3) is 5.69 Å². The molecule has 10 heteroatoms. The topological polar surface area (TPSA) is 90.3 Å². The van der Waals surface area contributed by atoms with Gasteiger partial charge in [-0.2, -0.15) is 18.3 Å². The van der Waals surface area contributed by atoms with E-state index in [2.05, 4.69) is 10.4 Å². The zero-order chi connectivity index (χ0) is 22.8. The number of alkyl halides is 3. The Bertz CT molecular complexity index is 1060. The predicted octanol–water partition coefficient (Wildman–Crippen LogP) is 3.17. The smallest absolute Gasteiger partial charge is 0.416 e. The number of esters is 1. The molecule has 31 heavy (non-hydrogen) atoms. The number of aromatic nitrogens is 2. The summed E-state index contributed by atoms with van der Waals surface area (Å²) in [5, 5.41) is 6.62. The maximum Gasteiger partial charge on any atom is 0.416 e. The first-order valence-electron chi connectivity index (χ1n) is 9.77. The Balaban J connectivity index is 2.00. The van der Waals surface area contributed by atoms with Crippen molar-refractivity contribution in [1.29, 1.82) is 0 Å². The zero-order valence-electron chi connectivity index (χ0n) is 17.1. The molecule has 0 spiro atoms. The first-order valence-corrected chi connectivity index (χ1v) is 9.77. The number of carbonyl (C=O) groups is 2. The summed E-state index contributed by atoms with van der Waals surface area (Å²) in [5.74, 6) is -1.48. The van der Waals surface area contributed by atoms with Crippen LogP contribution in [-0.4, -0.2) is 34.3 Å². The van der Waals surface area contributed by atoms with Crippen LogP contribution in [0.5, 0.6) is 0 Å². The summed E-state index contributed by atoms with van der Waals surface area (Å²) in [6.07, 6.45) is -1.54.